The molecule has 0 amide bonds. The lowest BCUT2D eigenvalue weighted by atomic mass is 10.1. The molecule has 0 bridgehead atoms. The van der Waals surface area contributed by atoms with E-state index in [1.807, 2.05) is 68.1 Å². The zero-order valence-electron chi connectivity index (χ0n) is 12.7. The third kappa shape index (κ3) is 2.89. The van der Waals surface area contributed by atoms with Crippen LogP contribution in [-0.2, 0) is 6.54 Å². The van der Waals surface area contributed by atoms with Crippen LogP contribution in [0.5, 0.6) is 0 Å². The minimum absolute atomic E-state index is 0.0707. The lowest BCUT2D eigenvalue weighted by Gasteiger charge is -2.13. The van der Waals surface area contributed by atoms with E-state index >= 15 is 0 Å². The first-order chi connectivity index (χ1) is 10.7. The number of thiophene rings is 1. The van der Waals surface area contributed by atoms with Crippen LogP contribution in [-0.4, -0.2) is 29.3 Å². The summed E-state index contributed by atoms with van der Waals surface area (Å²) in [4.78, 5) is 14.9. The van der Waals surface area contributed by atoms with E-state index in [4.69, 9.17) is 0 Å². The van der Waals surface area contributed by atoms with E-state index in [0.29, 0.717) is 0 Å². The molecule has 0 aliphatic heterocycles. The number of carbonyl (C=O) groups is 1. The lowest BCUT2D eigenvalue weighted by Crippen LogP contribution is -2.14. The van der Waals surface area contributed by atoms with Gasteiger partial charge in [0.25, 0.3) is 0 Å². The molecule has 4 heteroatoms. The molecule has 0 saturated heterocycles. The minimum Gasteiger partial charge on any atom is -0.311 e. The van der Waals surface area contributed by atoms with Gasteiger partial charge in [0.15, 0.2) is 5.78 Å². The Bertz CT molecular complexity index is 771. The van der Waals surface area contributed by atoms with Gasteiger partial charge in [-0.05, 0) is 37.7 Å². The molecule has 0 spiro atoms. The number of rotatable bonds is 5. The first kappa shape index (κ1) is 14.8. The van der Waals surface area contributed by atoms with Crippen LogP contribution in [0, 0.1) is 0 Å². The Kier molecular flexibility index (Phi) is 4.22. The highest BCUT2D eigenvalue weighted by atomic mass is 32.1. The Balaban J connectivity index is 2.00. The van der Waals surface area contributed by atoms with Crippen LogP contribution in [0.2, 0.25) is 0 Å². The summed E-state index contributed by atoms with van der Waals surface area (Å²) in [5.74, 6) is 0.0707. The van der Waals surface area contributed by atoms with Crippen molar-refractivity contribution in [3.05, 3.63) is 76.9 Å². The summed E-state index contributed by atoms with van der Waals surface area (Å²) >= 11 is 1.60. The molecule has 3 rings (SSSR count). The fourth-order valence-corrected chi connectivity index (χ4v) is 3.39. The van der Waals surface area contributed by atoms with E-state index < -0.39 is 0 Å². The highest BCUT2D eigenvalue weighted by Crippen LogP contribution is 2.26. The topological polar surface area (TPSA) is 25.2 Å². The highest BCUT2D eigenvalue weighted by Gasteiger charge is 2.17. The minimum atomic E-state index is 0.0707. The number of hydrogen-bond donors (Lipinski definition) is 0. The van der Waals surface area contributed by atoms with Gasteiger partial charge >= 0.3 is 0 Å². The molecule has 1 aromatic carbocycles. The first-order valence-corrected chi connectivity index (χ1v) is 8.03. The van der Waals surface area contributed by atoms with Gasteiger partial charge in [0.2, 0.25) is 0 Å². The van der Waals surface area contributed by atoms with Gasteiger partial charge in [-0.1, -0.05) is 30.3 Å². The lowest BCUT2D eigenvalue weighted by molar-refractivity contribution is 0.103. The van der Waals surface area contributed by atoms with Crippen molar-refractivity contribution < 1.29 is 4.79 Å². The van der Waals surface area contributed by atoms with Crippen molar-refractivity contribution in [2.24, 2.45) is 0 Å². The van der Waals surface area contributed by atoms with Crippen molar-refractivity contribution in [3.63, 3.8) is 0 Å². The van der Waals surface area contributed by atoms with Gasteiger partial charge in [0.05, 0.1) is 5.56 Å². The fraction of sp³-hybridized carbons (Fsp3) is 0.167. The zero-order valence-corrected chi connectivity index (χ0v) is 13.5. The number of hydrogen-bond acceptors (Lipinski definition) is 3. The summed E-state index contributed by atoms with van der Waals surface area (Å²) < 4.78 is 2.11. The number of nitrogens with zero attached hydrogens (tertiary/aromatic N) is 2. The molecule has 0 radical (unpaired) electrons. The third-order valence-corrected chi connectivity index (χ3v) is 4.37. The zero-order chi connectivity index (χ0) is 15.5. The predicted molar refractivity (Wildman–Crippen MR) is 90.9 cm³/mol. The maximum atomic E-state index is 12.7. The number of aromatic nitrogens is 1. The molecule has 0 aliphatic rings. The Morgan fingerprint density at radius 1 is 1.09 bits per heavy atom. The molecule has 3 aromatic rings. The Labute approximate surface area is 134 Å². The highest BCUT2D eigenvalue weighted by molar-refractivity contribution is 7.13. The fourth-order valence-electron chi connectivity index (χ4n) is 2.47. The second-order valence-electron chi connectivity index (χ2n) is 5.44. The van der Waals surface area contributed by atoms with E-state index in [9.17, 15) is 4.79 Å². The van der Waals surface area contributed by atoms with Crippen LogP contribution < -0.4 is 0 Å². The van der Waals surface area contributed by atoms with Crippen molar-refractivity contribution in [2.75, 3.05) is 14.1 Å². The summed E-state index contributed by atoms with van der Waals surface area (Å²) in [5, 5.41) is 2.96. The molecule has 0 aliphatic carbocycles. The first-order valence-electron chi connectivity index (χ1n) is 7.15. The van der Waals surface area contributed by atoms with Crippen LogP contribution in [0.15, 0.2) is 60.1 Å². The summed E-state index contributed by atoms with van der Waals surface area (Å²) in [7, 11) is 4.09. The molecule has 0 atom stereocenters. The normalized spacial score (nSPS) is 11.0. The summed E-state index contributed by atoms with van der Waals surface area (Å²) in [6.07, 6.45) is 2.02. The SMILES string of the molecule is CN(C)Cc1cccn1-c1sccc1C(=O)c1ccccc1. The molecule has 0 N–H and O–H groups in total. The second-order valence-corrected chi connectivity index (χ2v) is 6.34. The second kappa shape index (κ2) is 6.30. The molecular weight excluding hydrogens is 292 g/mol. The molecule has 3 nitrogen and oxygen atoms in total. The standard InChI is InChI=1S/C18H18N2OS/c1-19(2)13-15-9-6-11-20(15)18-16(10-12-22-18)17(21)14-7-4-3-5-8-14/h3-12H,13H2,1-2H3. The average molecular weight is 310 g/mol. The quantitative estimate of drug-likeness (QED) is 0.669. The number of carbonyl (C=O) groups excluding carboxylic acids is 1. The Hall–Kier alpha value is -2.17. The Morgan fingerprint density at radius 2 is 1.86 bits per heavy atom. The third-order valence-electron chi connectivity index (χ3n) is 3.46. The average Bonchev–Trinajstić information content (AvgIpc) is 3.15. The molecule has 112 valence electrons. The van der Waals surface area contributed by atoms with Crippen molar-refractivity contribution >= 4 is 17.1 Å². The largest absolute Gasteiger partial charge is 0.311 e. The molecule has 2 heterocycles. The van der Waals surface area contributed by atoms with Gasteiger partial charge in [-0.25, -0.2) is 0 Å². The maximum Gasteiger partial charge on any atom is 0.196 e. The molecule has 0 unspecified atom stereocenters. The molecular formula is C18H18N2OS. The maximum absolute atomic E-state index is 12.7. The van der Waals surface area contributed by atoms with E-state index in [2.05, 4.69) is 15.5 Å². The van der Waals surface area contributed by atoms with Gasteiger partial charge in [-0.3, -0.25) is 4.79 Å². The Morgan fingerprint density at radius 3 is 2.59 bits per heavy atom. The molecule has 22 heavy (non-hydrogen) atoms. The van der Waals surface area contributed by atoms with Gasteiger partial charge in [-0.2, -0.15) is 0 Å². The van der Waals surface area contributed by atoms with Crippen molar-refractivity contribution in [2.45, 2.75) is 6.54 Å². The van der Waals surface area contributed by atoms with Gasteiger partial charge < -0.3 is 9.47 Å². The molecule has 0 fully saturated rings. The number of ketones is 1. The van der Waals surface area contributed by atoms with Gasteiger partial charge in [-0.15, -0.1) is 11.3 Å². The summed E-state index contributed by atoms with van der Waals surface area (Å²) in [6, 6.07) is 15.5. The predicted octanol–water partition coefficient (Wildman–Crippen LogP) is 3.83. The van der Waals surface area contributed by atoms with Crippen molar-refractivity contribution in [1.82, 2.24) is 9.47 Å². The van der Waals surface area contributed by atoms with Gasteiger partial charge in [0.1, 0.15) is 5.00 Å². The van der Waals surface area contributed by atoms with Crippen LogP contribution in [0.3, 0.4) is 0 Å². The van der Waals surface area contributed by atoms with Crippen LogP contribution in [0.4, 0.5) is 0 Å². The van der Waals surface area contributed by atoms with Crippen molar-refractivity contribution in [3.8, 4) is 5.00 Å². The van der Waals surface area contributed by atoms with E-state index in [1.54, 1.807) is 11.3 Å². The molecule has 0 saturated carbocycles. The van der Waals surface area contributed by atoms with Crippen molar-refractivity contribution in [1.29, 1.82) is 0 Å². The number of benzene rings is 1. The summed E-state index contributed by atoms with van der Waals surface area (Å²) in [6.45, 7) is 0.837. The van der Waals surface area contributed by atoms with Crippen LogP contribution in [0.1, 0.15) is 21.6 Å². The van der Waals surface area contributed by atoms with Gasteiger partial charge in [0, 0.05) is 24.0 Å². The monoisotopic (exact) mass is 310 g/mol. The van der Waals surface area contributed by atoms with E-state index in [1.165, 1.54) is 5.69 Å². The van der Waals surface area contributed by atoms with E-state index in [-0.39, 0.29) is 5.78 Å². The molecule has 2 aromatic heterocycles. The van der Waals surface area contributed by atoms with E-state index in [0.717, 1.165) is 22.7 Å². The van der Waals surface area contributed by atoms with Crippen LogP contribution >= 0.6 is 11.3 Å². The summed E-state index contributed by atoms with van der Waals surface area (Å²) in [5.41, 5.74) is 2.66. The van der Waals surface area contributed by atoms with Crippen LogP contribution in [0.25, 0.3) is 5.00 Å². The smallest absolute Gasteiger partial charge is 0.196 e.